The van der Waals surface area contributed by atoms with Crippen molar-refractivity contribution in [2.24, 2.45) is 0 Å². The maximum absolute atomic E-state index is 12.2. The average molecular weight is 334 g/mol. The van der Waals surface area contributed by atoms with Crippen LogP contribution in [0.5, 0.6) is 0 Å². The van der Waals surface area contributed by atoms with E-state index in [2.05, 4.69) is 10.2 Å². The topological polar surface area (TPSA) is 79.5 Å². The largest absolute Gasteiger partial charge is 0.421 e. The van der Waals surface area contributed by atoms with Crippen molar-refractivity contribution in [1.82, 2.24) is 20.0 Å². The molecule has 0 unspecified atom stereocenters. The third-order valence-electron chi connectivity index (χ3n) is 3.87. The molecule has 2 amide bonds. The lowest BCUT2D eigenvalue weighted by molar-refractivity contribution is -0.138. The molecule has 0 radical (unpaired) electrons. The van der Waals surface area contributed by atoms with Gasteiger partial charge < -0.3 is 14.2 Å². The molecule has 23 heavy (non-hydrogen) atoms. The number of hydrogen-bond acceptors (Lipinski definition) is 6. The van der Waals surface area contributed by atoms with Gasteiger partial charge in [0, 0.05) is 56.9 Å². The monoisotopic (exact) mass is 334 g/mol. The van der Waals surface area contributed by atoms with E-state index in [1.165, 1.54) is 0 Å². The molecule has 0 N–H and O–H groups in total. The molecule has 0 bridgehead atoms. The minimum absolute atomic E-state index is 0.0588. The Morgan fingerprint density at radius 3 is 2.61 bits per heavy atom. The van der Waals surface area contributed by atoms with Gasteiger partial charge in [-0.3, -0.25) is 9.59 Å². The predicted octanol–water partition coefficient (Wildman–Crippen LogP) is 1.42. The van der Waals surface area contributed by atoms with Crippen molar-refractivity contribution in [1.29, 1.82) is 0 Å². The number of carbonyl (C=O) groups excluding carboxylic acids is 2. The van der Waals surface area contributed by atoms with Crippen molar-refractivity contribution in [2.75, 3.05) is 26.2 Å². The SMILES string of the molecule is CC(=O)N1CCN(C(=O)CCc2nnc(-c3ccsc3)o2)CC1. The first-order valence-corrected chi connectivity index (χ1v) is 8.46. The first-order chi connectivity index (χ1) is 11.1. The van der Waals surface area contributed by atoms with Crippen LogP contribution in [0.15, 0.2) is 21.2 Å². The van der Waals surface area contributed by atoms with Crippen molar-refractivity contribution in [3.63, 3.8) is 0 Å². The van der Waals surface area contributed by atoms with E-state index in [9.17, 15) is 9.59 Å². The minimum Gasteiger partial charge on any atom is -0.421 e. The van der Waals surface area contributed by atoms with Crippen LogP contribution in [0.2, 0.25) is 0 Å². The maximum Gasteiger partial charge on any atom is 0.248 e. The highest BCUT2D eigenvalue weighted by Gasteiger charge is 2.22. The Morgan fingerprint density at radius 2 is 1.96 bits per heavy atom. The van der Waals surface area contributed by atoms with Crippen LogP contribution in [0.3, 0.4) is 0 Å². The molecular weight excluding hydrogens is 316 g/mol. The molecule has 2 aromatic rings. The van der Waals surface area contributed by atoms with Crippen LogP contribution in [0, 0.1) is 0 Å². The molecule has 0 atom stereocenters. The molecule has 3 heterocycles. The number of aryl methyl sites for hydroxylation is 1. The molecule has 0 aliphatic carbocycles. The van der Waals surface area contributed by atoms with E-state index in [1.807, 2.05) is 16.8 Å². The lowest BCUT2D eigenvalue weighted by atomic mass is 10.2. The van der Waals surface area contributed by atoms with E-state index >= 15 is 0 Å². The highest BCUT2D eigenvalue weighted by atomic mass is 32.1. The fraction of sp³-hybridized carbons (Fsp3) is 0.467. The van der Waals surface area contributed by atoms with Crippen LogP contribution in [0.1, 0.15) is 19.2 Å². The Bertz CT molecular complexity index is 675. The number of aromatic nitrogens is 2. The fourth-order valence-corrected chi connectivity index (χ4v) is 3.13. The predicted molar refractivity (Wildman–Crippen MR) is 84.8 cm³/mol. The Kier molecular flexibility index (Phi) is 4.71. The summed E-state index contributed by atoms with van der Waals surface area (Å²) in [6.07, 6.45) is 0.772. The van der Waals surface area contributed by atoms with Gasteiger partial charge >= 0.3 is 0 Å². The number of hydrogen-bond donors (Lipinski definition) is 0. The fourth-order valence-electron chi connectivity index (χ4n) is 2.50. The average Bonchev–Trinajstić information content (AvgIpc) is 3.23. The summed E-state index contributed by atoms with van der Waals surface area (Å²) in [5.41, 5.74) is 0.903. The summed E-state index contributed by atoms with van der Waals surface area (Å²) in [6.45, 7) is 3.93. The van der Waals surface area contributed by atoms with E-state index < -0.39 is 0 Å². The molecule has 1 aliphatic rings. The summed E-state index contributed by atoms with van der Waals surface area (Å²) < 4.78 is 5.58. The van der Waals surface area contributed by atoms with Crippen molar-refractivity contribution in [3.05, 3.63) is 22.7 Å². The van der Waals surface area contributed by atoms with Crippen LogP contribution < -0.4 is 0 Å². The van der Waals surface area contributed by atoms with Gasteiger partial charge in [0.1, 0.15) is 0 Å². The summed E-state index contributed by atoms with van der Waals surface area (Å²) in [6, 6.07) is 1.92. The quantitative estimate of drug-likeness (QED) is 0.845. The number of thiophene rings is 1. The van der Waals surface area contributed by atoms with E-state index in [0.29, 0.717) is 50.8 Å². The molecular formula is C15H18N4O3S. The summed E-state index contributed by atoms with van der Waals surface area (Å²) in [5, 5.41) is 11.9. The van der Waals surface area contributed by atoms with Gasteiger partial charge in [-0.15, -0.1) is 10.2 Å². The zero-order valence-electron chi connectivity index (χ0n) is 12.9. The maximum atomic E-state index is 12.2. The first-order valence-electron chi connectivity index (χ1n) is 7.52. The lowest BCUT2D eigenvalue weighted by Gasteiger charge is -2.34. The first kappa shape index (κ1) is 15.7. The highest BCUT2D eigenvalue weighted by molar-refractivity contribution is 7.08. The van der Waals surface area contributed by atoms with Gasteiger partial charge in [0.15, 0.2) is 0 Å². The van der Waals surface area contributed by atoms with E-state index in [-0.39, 0.29) is 11.8 Å². The van der Waals surface area contributed by atoms with Crippen molar-refractivity contribution < 1.29 is 14.0 Å². The molecule has 1 fully saturated rings. The Balaban J connectivity index is 1.49. The second-order valence-electron chi connectivity index (χ2n) is 5.40. The van der Waals surface area contributed by atoms with Crippen LogP contribution in [0.4, 0.5) is 0 Å². The molecule has 0 saturated carbocycles. The van der Waals surface area contributed by atoms with E-state index in [0.717, 1.165) is 5.56 Å². The summed E-state index contributed by atoms with van der Waals surface area (Å²) in [4.78, 5) is 27.0. The van der Waals surface area contributed by atoms with Gasteiger partial charge in [-0.05, 0) is 11.4 Å². The molecule has 0 spiro atoms. The second-order valence-corrected chi connectivity index (χ2v) is 6.18. The van der Waals surface area contributed by atoms with Gasteiger partial charge in [0.05, 0.1) is 0 Å². The zero-order valence-corrected chi connectivity index (χ0v) is 13.7. The number of rotatable bonds is 4. The highest BCUT2D eigenvalue weighted by Crippen LogP contribution is 2.20. The van der Waals surface area contributed by atoms with Crippen LogP contribution in [0.25, 0.3) is 11.5 Å². The standard InChI is InChI=1S/C15H18N4O3S/c1-11(20)18-5-7-19(8-6-18)14(21)3-2-13-16-17-15(22-13)12-4-9-23-10-12/h4,9-10H,2-3,5-8H2,1H3. The third-order valence-corrected chi connectivity index (χ3v) is 4.55. The normalized spacial score (nSPS) is 15.0. The number of nitrogens with zero attached hydrogens (tertiary/aromatic N) is 4. The van der Waals surface area contributed by atoms with Crippen molar-refractivity contribution in [3.8, 4) is 11.5 Å². The van der Waals surface area contributed by atoms with Crippen molar-refractivity contribution in [2.45, 2.75) is 19.8 Å². The van der Waals surface area contributed by atoms with Gasteiger partial charge in [0.25, 0.3) is 0 Å². The molecule has 0 aromatic carbocycles. The summed E-state index contributed by atoms with van der Waals surface area (Å²) >= 11 is 1.57. The minimum atomic E-state index is 0.0588. The van der Waals surface area contributed by atoms with Crippen molar-refractivity contribution >= 4 is 23.2 Å². The smallest absolute Gasteiger partial charge is 0.248 e. The van der Waals surface area contributed by atoms with Gasteiger partial charge in [0.2, 0.25) is 23.6 Å². The van der Waals surface area contributed by atoms with E-state index in [4.69, 9.17) is 4.42 Å². The van der Waals surface area contributed by atoms with E-state index in [1.54, 1.807) is 28.1 Å². The zero-order chi connectivity index (χ0) is 16.2. The van der Waals surface area contributed by atoms with Crippen LogP contribution >= 0.6 is 11.3 Å². The summed E-state index contributed by atoms with van der Waals surface area (Å²) in [7, 11) is 0. The van der Waals surface area contributed by atoms with Crippen LogP contribution in [-0.2, 0) is 16.0 Å². The third kappa shape index (κ3) is 3.76. The summed E-state index contributed by atoms with van der Waals surface area (Å²) in [5.74, 6) is 1.08. The molecule has 2 aromatic heterocycles. The Morgan fingerprint density at radius 1 is 1.22 bits per heavy atom. The molecule has 7 nitrogen and oxygen atoms in total. The van der Waals surface area contributed by atoms with Gasteiger partial charge in [-0.2, -0.15) is 11.3 Å². The Hall–Kier alpha value is -2.22. The number of piperazine rings is 1. The second kappa shape index (κ2) is 6.91. The molecule has 3 rings (SSSR count). The molecule has 122 valence electrons. The van der Waals surface area contributed by atoms with Gasteiger partial charge in [-0.25, -0.2) is 0 Å². The molecule has 1 saturated heterocycles. The molecule has 8 heteroatoms. The molecule has 1 aliphatic heterocycles. The van der Waals surface area contributed by atoms with Gasteiger partial charge in [-0.1, -0.05) is 0 Å². The lowest BCUT2D eigenvalue weighted by Crippen LogP contribution is -2.50. The van der Waals surface area contributed by atoms with Crippen LogP contribution in [-0.4, -0.2) is 58.0 Å². The number of amides is 2. The number of carbonyl (C=O) groups is 2. The Labute approximate surface area is 137 Å².